The van der Waals surface area contributed by atoms with Crippen LogP contribution in [0.15, 0.2) is 53.7 Å². The third-order valence-corrected chi connectivity index (χ3v) is 3.29. The highest BCUT2D eigenvalue weighted by molar-refractivity contribution is 5.94. The molecule has 1 aliphatic heterocycles. The Morgan fingerprint density at radius 1 is 1.27 bits per heavy atom. The summed E-state index contributed by atoms with van der Waals surface area (Å²) in [6.45, 7) is 3.87. The quantitative estimate of drug-likeness (QED) is 0.442. The number of carbonyl (C=O) groups is 1. The molecule has 0 aliphatic carbocycles. The molecule has 116 valence electrons. The van der Waals surface area contributed by atoms with Crippen molar-refractivity contribution in [3.8, 4) is 0 Å². The first-order valence-electron chi connectivity index (χ1n) is 7.40. The Labute approximate surface area is 131 Å². The Morgan fingerprint density at radius 3 is 2.73 bits per heavy atom. The number of benzene rings is 1. The van der Waals surface area contributed by atoms with Gasteiger partial charge in [-0.15, -0.1) is 0 Å². The SMILES string of the molecule is CC(/C=C/C=C/c1ccccc1)=N\NC(=O)C1CC(C)NN1. The van der Waals surface area contributed by atoms with E-state index >= 15 is 0 Å². The van der Waals surface area contributed by atoms with E-state index in [1.54, 1.807) is 0 Å². The number of hydrazine groups is 1. The summed E-state index contributed by atoms with van der Waals surface area (Å²) in [5.74, 6) is -0.121. The molecule has 5 heteroatoms. The van der Waals surface area contributed by atoms with Gasteiger partial charge in [0, 0.05) is 6.04 Å². The molecule has 1 heterocycles. The van der Waals surface area contributed by atoms with Crippen LogP contribution in [0, 0.1) is 0 Å². The molecule has 2 rings (SSSR count). The molecule has 1 amide bonds. The molecule has 1 aromatic rings. The number of nitrogens with one attached hydrogen (secondary N) is 3. The van der Waals surface area contributed by atoms with Gasteiger partial charge in [-0.2, -0.15) is 5.10 Å². The fraction of sp³-hybridized carbons (Fsp3) is 0.294. The molecule has 1 fully saturated rings. The molecular formula is C17H22N4O. The van der Waals surface area contributed by atoms with Gasteiger partial charge >= 0.3 is 0 Å². The zero-order chi connectivity index (χ0) is 15.8. The van der Waals surface area contributed by atoms with Crippen molar-refractivity contribution in [1.82, 2.24) is 16.3 Å². The molecule has 22 heavy (non-hydrogen) atoms. The lowest BCUT2D eigenvalue weighted by molar-refractivity contribution is -0.122. The summed E-state index contributed by atoms with van der Waals surface area (Å²) in [6.07, 6.45) is 8.46. The molecule has 1 saturated heterocycles. The number of nitrogens with zero attached hydrogens (tertiary/aromatic N) is 1. The van der Waals surface area contributed by atoms with E-state index in [1.807, 2.05) is 68.5 Å². The summed E-state index contributed by atoms with van der Waals surface area (Å²) >= 11 is 0. The van der Waals surface area contributed by atoms with E-state index in [4.69, 9.17) is 0 Å². The van der Waals surface area contributed by atoms with Gasteiger partial charge in [-0.25, -0.2) is 10.9 Å². The summed E-state index contributed by atoms with van der Waals surface area (Å²) in [6, 6.07) is 10.1. The Bertz CT molecular complexity index is 578. The van der Waals surface area contributed by atoms with Crippen molar-refractivity contribution >= 4 is 17.7 Å². The van der Waals surface area contributed by atoms with Crippen molar-refractivity contribution in [3.05, 3.63) is 54.1 Å². The van der Waals surface area contributed by atoms with Crippen LogP contribution in [-0.2, 0) is 4.79 Å². The lowest BCUT2D eigenvalue weighted by Gasteiger charge is -2.06. The monoisotopic (exact) mass is 298 g/mol. The molecule has 1 aliphatic rings. The molecule has 1 aromatic carbocycles. The number of allylic oxidation sites excluding steroid dienone is 3. The Morgan fingerprint density at radius 2 is 2.05 bits per heavy atom. The lowest BCUT2D eigenvalue weighted by atomic mass is 10.1. The van der Waals surface area contributed by atoms with Crippen LogP contribution in [0.3, 0.4) is 0 Å². The van der Waals surface area contributed by atoms with Gasteiger partial charge < -0.3 is 0 Å². The number of carbonyl (C=O) groups excluding carboxylic acids is 1. The molecule has 2 unspecified atom stereocenters. The first-order chi connectivity index (χ1) is 10.6. The van der Waals surface area contributed by atoms with E-state index in [9.17, 15) is 4.79 Å². The van der Waals surface area contributed by atoms with E-state index in [0.29, 0.717) is 6.04 Å². The largest absolute Gasteiger partial charge is 0.271 e. The van der Waals surface area contributed by atoms with Crippen molar-refractivity contribution in [2.24, 2.45) is 5.10 Å². The number of hydrogen-bond donors (Lipinski definition) is 3. The first-order valence-corrected chi connectivity index (χ1v) is 7.40. The molecule has 0 spiro atoms. The highest BCUT2D eigenvalue weighted by Crippen LogP contribution is 2.03. The summed E-state index contributed by atoms with van der Waals surface area (Å²) < 4.78 is 0. The molecule has 2 atom stereocenters. The fourth-order valence-corrected chi connectivity index (χ4v) is 2.07. The minimum Gasteiger partial charge on any atom is -0.271 e. The third kappa shape index (κ3) is 5.27. The van der Waals surface area contributed by atoms with Crippen molar-refractivity contribution in [2.45, 2.75) is 32.4 Å². The Hall–Kier alpha value is -2.24. The standard InChI is InChI=1S/C17H22N4O/c1-13(8-6-7-11-15-9-4-3-5-10-15)18-21-17(22)16-12-14(2)19-20-16/h3-11,14,16,19-20H,12H2,1-2H3,(H,21,22)/b8-6+,11-7+,18-13+. The summed E-state index contributed by atoms with van der Waals surface area (Å²) in [4.78, 5) is 11.9. The zero-order valence-corrected chi connectivity index (χ0v) is 12.9. The molecule has 3 N–H and O–H groups in total. The summed E-state index contributed by atoms with van der Waals surface area (Å²) in [5.41, 5.74) is 10.4. The molecular weight excluding hydrogens is 276 g/mol. The minimum absolute atomic E-state index is 0.121. The van der Waals surface area contributed by atoms with Crippen LogP contribution in [-0.4, -0.2) is 23.7 Å². The van der Waals surface area contributed by atoms with E-state index in [-0.39, 0.29) is 11.9 Å². The van der Waals surface area contributed by atoms with Crippen LogP contribution in [0.2, 0.25) is 0 Å². The van der Waals surface area contributed by atoms with Gasteiger partial charge in [0.15, 0.2) is 0 Å². The summed E-state index contributed by atoms with van der Waals surface area (Å²) in [5, 5.41) is 4.07. The van der Waals surface area contributed by atoms with E-state index < -0.39 is 0 Å². The van der Waals surface area contributed by atoms with Gasteiger partial charge in [0.2, 0.25) is 0 Å². The average molecular weight is 298 g/mol. The van der Waals surface area contributed by atoms with Gasteiger partial charge in [-0.3, -0.25) is 10.2 Å². The van der Waals surface area contributed by atoms with Crippen LogP contribution in [0.4, 0.5) is 0 Å². The average Bonchev–Trinajstić information content (AvgIpc) is 2.97. The smallest absolute Gasteiger partial charge is 0.258 e. The van der Waals surface area contributed by atoms with Crippen LogP contribution in [0.25, 0.3) is 6.08 Å². The normalized spacial score (nSPS) is 22.5. The Balaban J connectivity index is 1.78. The number of amides is 1. The van der Waals surface area contributed by atoms with Gasteiger partial charge in [0.05, 0.1) is 5.71 Å². The third-order valence-electron chi connectivity index (χ3n) is 3.29. The van der Waals surface area contributed by atoms with Crippen LogP contribution in [0.1, 0.15) is 25.8 Å². The van der Waals surface area contributed by atoms with Gasteiger partial charge in [-0.05, 0) is 31.9 Å². The highest BCUT2D eigenvalue weighted by atomic mass is 16.2. The van der Waals surface area contributed by atoms with Gasteiger partial charge in [-0.1, -0.05) is 48.6 Å². The fourth-order valence-electron chi connectivity index (χ4n) is 2.07. The predicted molar refractivity (Wildman–Crippen MR) is 90.0 cm³/mol. The summed E-state index contributed by atoms with van der Waals surface area (Å²) in [7, 11) is 0. The number of hydrogen-bond acceptors (Lipinski definition) is 4. The van der Waals surface area contributed by atoms with Crippen molar-refractivity contribution in [3.63, 3.8) is 0 Å². The van der Waals surface area contributed by atoms with Gasteiger partial charge in [0.25, 0.3) is 5.91 Å². The highest BCUT2D eigenvalue weighted by Gasteiger charge is 2.26. The number of rotatable bonds is 5. The maximum Gasteiger partial charge on any atom is 0.258 e. The second kappa shape index (κ2) is 8.26. The van der Waals surface area contributed by atoms with Crippen molar-refractivity contribution in [1.29, 1.82) is 0 Å². The molecule has 0 bridgehead atoms. The van der Waals surface area contributed by atoms with E-state index in [0.717, 1.165) is 17.7 Å². The van der Waals surface area contributed by atoms with Crippen molar-refractivity contribution in [2.75, 3.05) is 0 Å². The lowest BCUT2D eigenvalue weighted by Crippen LogP contribution is -2.41. The van der Waals surface area contributed by atoms with Crippen LogP contribution in [0.5, 0.6) is 0 Å². The first kappa shape index (κ1) is 16.1. The minimum atomic E-state index is -0.228. The van der Waals surface area contributed by atoms with E-state index in [2.05, 4.69) is 21.4 Å². The van der Waals surface area contributed by atoms with E-state index in [1.165, 1.54) is 0 Å². The Kier molecular flexibility index (Phi) is 6.06. The second-order valence-corrected chi connectivity index (χ2v) is 5.34. The molecule has 0 saturated carbocycles. The topological polar surface area (TPSA) is 65.5 Å². The zero-order valence-electron chi connectivity index (χ0n) is 12.9. The number of hydrazone groups is 1. The molecule has 0 radical (unpaired) electrons. The van der Waals surface area contributed by atoms with Gasteiger partial charge in [0.1, 0.15) is 6.04 Å². The van der Waals surface area contributed by atoms with Crippen LogP contribution < -0.4 is 16.3 Å². The second-order valence-electron chi connectivity index (χ2n) is 5.34. The molecule has 0 aromatic heterocycles. The predicted octanol–water partition coefficient (Wildman–Crippen LogP) is 2.00. The maximum atomic E-state index is 11.9. The maximum absolute atomic E-state index is 11.9. The van der Waals surface area contributed by atoms with Crippen molar-refractivity contribution < 1.29 is 4.79 Å². The van der Waals surface area contributed by atoms with Crippen LogP contribution >= 0.6 is 0 Å². The molecule has 5 nitrogen and oxygen atoms in total.